The Labute approximate surface area is 147 Å². The summed E-state index contributed by atoms with van der Waals surface area (Å²) in [5, 5.41) is 0.539. The van der Waals surface area contributed by atoms with Crippen LogP contribution in [0, 0.1) is 0 Å². The van der Waals surface area contributed by atoms with Crippen LogP contribution in [0.2, 0.25) is 0 Å². The van der Waals surface area contributed by atoms with Crippen molar-refractivity contribution in [2.45, 2.75) is 10.9 Å². The first kappa shape index (κ1) is 15.5. The molecule has 0 aliphatic rings. The van der Waals surface area contributed by atoms with Crippen molar-refractivity contribution in [3.63, 3.8) is 0 Å². The van der Waals surface area contributed by atoms with E-state index in [0.717, 1.165) is 22.5 Å². The fraction of sp³-hybridized carbons (Fsp3) is 0.0556. The van der Waals surface area contributed by atoms with E-state index in [1.807, 2.05) is 54.6 Å². The van der Waals surface area contributed by atoms with Gasteiger partial charge < -0.3 is 10.7 Å². The van der Waals surface area contributed by atoms with E-state index in [1.54, 1.807) is 4.57 Å². The molecule has 0 fully saturated rings. The summed E-state index contributed by atoms with van der Waals surface area (Å²) >= 11 is 1.42. The molecule has 124 valence electrons. The van der Waals surface area contributed by atoms with E-state index in [0.29, 0.717) is 16.7 Å². The highest BCUT2D eigenvalue weighted by atomic mass is 32.2. The van der Waals surface area contributed by atoms with Crippen LogP contribution in [0.25, 0.3) is 16.7 Å². The molecule has 0 aliphatic heterocycles. The third-order valence-electron chi connectivity index (χ3n) is 3.72. The second-order valence-electron chi connectivity index (χ2n) is 5.46. The van der Waals surface area contributed by atoms with Crippen LogP contribution >= 0.6 is 11.8 Å². The van der Waals surface area contributed by atoms with Gasteiger partial charge in [-0.25, -0.2) is 4.98 Å². The predicted molar refractivity (Wildman–Crippen MR) is 99.9 cm³/mol. The van der Waals surface area contributed by atoms with Crippen molar-refractivity contribution in [1.82, 2.24) is 19.5 Å². The molecule has 2 aromatic heterocycles. The summed E-state index contributed by atoms with van der Waals surface area (Å²) in [5.41, 5.74) is 8.48. The Hall–Kier alpha value is -3.06. The molecule has 3 N–H and O–H groups in total. The van der Waals surface area contributed by atoms with E-state index in [2.05, 4.69) is 15.0 Å². The number of aromatic nitrogens is 4. The Morgan fingerprint density at radius 2 is 1.80 bits per heavy atom. The van der Waals surface area contributed by atoms with E-state index in [9.17, 15) is 4.79 Å². The second kappa shape index (κ2) is 6.45. The molecule has 0 unspecified atom stereocenters. The highest BCUT2D eigenvalue weighted by Gasteiger charge is 2.11. The van der Waals surface area contributed by atoms with E-state index in [-0.39, 0.29) is 5.56 Å². The van der Waals surface area contributed by atoms with Gasteiger partial charge in [0.1, 0.15) is 11.6 Å². The minimum Gasteiger partial charge on any atom is -0.385 e. The number of rotatable bonds is 4. The lowest BCUT2D eigenvalue weighted by Crippen LogP contribution is -2.16. The maximum absolute atomic E-state index is 11.8. The van der Waals surface area contributed by atoms with Crippen molar-refractivity contribution < 1.29 is 0 Å². The number of para-hydroxylation sites is 3. The highest BCUT2D eigenvalue weighted by molar-refractivity contribution is 7.98. The third-order valence-corrected chi connectivity index (χ3v) is 4.67. The molecule has 25 heavy (non-hydrogen) atoms. The van der Waals surface area contributed by atoms with Gasteiger partial charge in [0.15, 0.2) is 5.16 Å². The third kappa shape index (κ3) is 3.14. The zero-order valence-electron chi connectivity index (χ0n) is 13.2. The van der Waals surface area contributed by atoms with Crippen molar-refractivity contribution in [2.75, 3.05) is 5.73 Å². The lowest BCUT2D eigenvalue weighted by molar-refractivity contribution is 0.822. The van der Waals surface area contributed by atoms with Gasteiger partial charge in [-0.2, -0.15) is 4.98 Å². The number of anilines is 1. The molecular formula is C18H15N5OS. The van der Waals surface area contributed by atoms with Crippen LogP contribution in [0.1, 0.15) is 5.82 Å². The van der Waals surface area contributed by atoms with Gasteiger partial charge in [0.25, 0.3) is 5.56 Å². The number of nitrogens with zero attached hydrogens (tertiary/aromatic N) is 3. The van der Waals surface area contributed by atoms with Crippen molar-refractivity contribution >= 4 is 28.6 Å². The molecule has 0 radical (unpaired) electrons. The van der Waals surface area contributed by atoms with Gasteiger partial charge in [-0.3, -0.25) is 9.36 Å². The van der Waals surface area contributed by atoms with E-state index in [1.165, 1.54) is 17.8 Å². The molecule has 0 spiro atoms. The Morgan fingerprint density at radius 1 is 1.04 bits per heavy atom. The Kier molecular flexibility index (Phi) is 3.99. The lowest BCUT2D eigenvalue weighted by Gasteiger charge is -2.14. The van der Waals surface area contributed by atoms with Gasteiger partial charge in [0.2, 0.25) is 0 Å². The fourth-order valence-corrected chi connectivity index (χ4v) is 3.52. The zero-order chi connectivity index (χ0) is 17.2. The van der Waals surface area contributed by atoms with Gasteiger partial charge in [0, 0.05) is 11.8 Å². The maximum Gasteiger partial charge on any atom is 0.275 e. The van der Waals surface area contributed by atoms with Crippen molar-refractivity contribution in [2.24, 2.45) is 0 Å². The van der Waals surface area contributed by atoms with Crippen molar-refractivity contribution in [1.29, 1.82) is 0 Å². The monoisotopic (exact) mass is 349 g/mol. The number of nitrogens with two attached hydrogens (primary N) is 1. The molecule has 4 rings (SSSR count). The van der Waals surface area contributed by atoms with Crippen LogP contribution in [-0.4, -0.2) is 19.5 Å². The van der Waals surface area contributed by atoms with Gasteiger partial charge >= 0.3 is 0 Å². The number of nitrogen functional groups attached to an aromatic ring is 1. The Bertz CT molecular complexity index is 1050. The molecule has 2 heterocycles. The molecule has 0 saturated heterocycles. The first-order chi connectivity index (χ1) is 12.2. The number of H-pyrrole nitrogens is 1. The first-order valence-corrected chi connectivity index (χ1v) is 8.71. The maximum atomic E-state index is 11.8. The molecule has 0 saturated carbocycles. The molecule has 0 atom stereocenters. The quantitative estimate of drug-likeness (QED) is 0.437. The van der Waals surface area contributed by atoms with Gasteiger partial charge in [-0.1, -0.05) is 42.1 Å². The number of benzene rings is 2. The smallest absolute Gasteiger partial charge is 0.275 e. The molecule has 0 amide bonds. The highest BCUT2D eigenvalue weighted by Crippen LogP contribution is 2.25. The summed E-state index contributed by atoms with van der Waals surface area (Å²) in [5.74, 6) is 1.73. The number of hydrogen-bond donors (Lipinski definition) is 2. The first-order valence-electron chi connectivity index (χ1n) is 7.72. The number of imidazole rings is 1. The van der Waals surface area contributed by atoms with E-state index >= 15 is 0 Å². The van der Waals surface area contributed by atoms with Gasteiger partial charge in [-0.15, -0.1) is 0 Å². The van der Waals surface area contributed by atoms with Crippen LogP contribution in [0.5, 0.6) is 0 Å². The summed E-state index contributed by atoms with van der Waals surface area (Å²) in [6.07, 6.45) is 0. The molecule has 0 bridgehead atoms. The second-order valence-corrected chi connectivity index (χ2v) is 6.40. The predicted octanol–water partition coefficient (Wildman–Crippen LogP) is 2.98. The summed E-state index contributed by atoms with van der Waals surface area (Å²) in [6.45, 7) is 0. The number of fused-ring (bicyclic) bond motifs is 1. The van der Waals surface area contributed by atoms with E-state index in [4.69, 9.17) is 5.73 Å². The van der Waals surface area contributed by atoms with E-state index < -0.39 is 0 Å². The van der Waals surface area contributed by atoms with Crippen LogP contribution in [0.15, 0.2) is 70.6 Å². The average molecular weight is 349 g/mol. The topological polar surface area (TPSA) is 89.6 Å². The van der Waals surface area contributed by atoms with Crippen molar-refractivity contribution in [3.8, 4) is 5.69 Å². The number of thioether (sulfide) groups is 1. The number of hydrogen-bond acceptors (Lipinski definition) is 5. The molecule has 6 nitrogen and oxygen atoms in total. The summed E-state index contributed by atoms with van der Waals surface area (Å²) in [4.78, 5) is 23.8. The van der Waals surface area contributed by atoms with Crippen LogP contribution < -0.4 is 11.3 Å². The standard InChI is InChI=1S/C18H15N5OS/c19-15-10-17(24)22-18(23(15)12-6-2-1-3-7-12)25-11-16-20-13-8-4-5-9-14(13)21-16/h1-10H,11,19H2,(H,20,21). The average Bonchev–Trinajstić information content (AvgIpc) is 3.03. The molecule has 4 aromatic rings. The van der Waals surface area contributed by atoms with Gasteiger partial charge in [0.05, 0.1) is 16.8 Å². The molecule has 7 heteroatoms. The molecule has 2 aromatic carbocycles. The fourth-order valence-electron chi connectivity index (χ4n) is 2.62. The summed E-state index contributed by atoms with van der Waals surface area (Å²) < 4.78 is 1.77. The molecule has 0 aliphatic carbocycles. The summed E-state index contributed by atoms with van der Waals surface area (Å²) in [6, 6.07) is 18.8. The zero-order valence-corrected chi connectivity index (χ0v) is 14.0. The van der Waals surface area contributed by atoms with Crippen LogP contribution in [-0.2, 0) is 5.75 Å². The number of aromatic amines is 1. The summed E-state index contributed by atoms with van der Waals surface area (Å²) in [7, 11) is 0. The SMILES string of the molecule is Nc1cc(=O)nc(SCc2nc3ccccc3[nH]2)n1-c1ccccc1. The van der Waals surface area contributed by atoms with Crippen molar-refractivity contribution in [3.05, 3.63) is 76.8 Å². The Balaban J connectivity index is 1.69. The van der Waals surface area contributed by atoms with Crippen LogP contribution in [0.4, 0.5) is 5.82 Å². The normalized spacial score (nSPS) is 11.0. The minimum atomic E-state index is -0.350. The number of nitrogens with one attached hydrogen (secondary N) is 1. The van der Waals surface area contributed by atoms with Crippen LogP contribution in [0.3, 0.4) is 0 Å². The van der Waals surface area contributed by atoms with Gasteiger partial charge in [-0.05, 0) is 24.3 Å². The Morgan fingerprint density at radius 3 is 2.60 bits per heavy atom. The minimum absolute atomic E-state index is 0.350. The molecular weight excluding hydrogens is 334 g/mol. The lowest BCUT2D eigenvalue weighted by atomic mass is 10.3. The largest absolute Gasteiger partial charge is 0.385 e.